The fourth-order valence-electron chi connectivity index (χ4n) is 3.27. The van der Waals surface area contributed by atoms with Crippen molar-refractivity contribution in [3.8, 4) is 0 Å². The molecule has 0 aromatic heterocycles. The number of rotatable bonds is 4. The normalized spacial score (nSPS) is 15.3. The lowest BCUT2D eigenvalue weighted by molar-refractivity contribution is -0.137. The second-order valence-electron chi connectivity index (χ2n) is 6.53. The fraction of sp³-hybridized carbons (Fsp3) is 0.286. The van der Waals surface area contributed by atoms with Gasteiger partial charge in [-0.15, -0.1) is 0 Å². The first-order valence-corrected chi connectivity index (χ1v) is 8.77. The maximum atomic E-state index is 13.2. The number of carbonyl (C=O) groups excluding carboxylic acids is 1. The van der Waals surface area contributed by atoms with Gasteiger partial charge in [0.25, 0.3) is 5.91 Å². The van der Waals surface area contributed by atoms with Crippen LogP contribution >= 0.6 is 0 Å². The summed E-state index contributed by atoms with van der Waals surface area (Å²) >= 11 is 0. The van der Waals surface area contributed by atoms with Gasteiger partial charge in [-0.3, -0.25) is 9.69 Å². The highest BCUT2D eigenvalue weighted by molar-refractivity contribution is 5.93. The van der Waals surface area contributed by atoms with Gasteiger partial charge in [0.2, 0.25) is 0 Å². The van der Waals surface area contributed by atoms with E-state index in [-0.39, 0.29) is 11.5 Å². The quantitative estimate of drug-likeness (QED) is 0.863. The Kier molecular flexibility index (Phi) is 5.65. The van der Waals surface area contributed by atoms with Gasteiger partial charge in [0.1, 0.15) is 0 Å². The summed E-state index contributed by atoms with van der Waals surface area (Å²) in [6.07, 6.45) is -1.89. The number of amides is 1. The van der Waals surface area contributed by atoms with E-state index in [2.05, 4.69) is 10.2 Å². The van der Waals surface area contributed by atoms with Crippen molar-refractivity contribution in [1.82, 2.24) is 10.2 Å². The van der Waals surface area contributed by atoms with Gasteiger partial charge in [-0.05, 0) is 41.3 Å². The summed E-state index contributed by atoms with van der Waals surface area (Å²) in [4.78, 5) is 13.7. The molecule has 2 aromatic carbocycles. The van der Waals surface area contributed by atoms with Crippen molar-refractivity contribution in [2.75, 3.05) is 20.1 Å². The maximum absolute atomic E-state index is 13.2. The number of hydrogen-bond donors (Lipinski definition) is 1. The minimum atomic E-state index is -4.35. The third-order valence-corrected chi connectivity index (χ3v) is 4.72. The molecule has 1 N–H and O–H groups in total. The van der Waals surface area contributed by atoms with E-state index < -0.39 is 11.7 Å². The number of alkyl halides is 3. The Hall–Kier alpha value is -2.60. The van der Waals surface area contributed by atoms with Crippen LogP contribution in [0.15, 0.2) is 54.6 Å². The predicted molar refractivity (Wildman–Crippen MR) is 99.1 cm³/mol. The van der Waals surface area contributed by atoms with E-state index in [1.54, 1.807) is 31.3 Å². The van der Waals surface area contributed by atoms with Gasteiger partial charge in [0.05, 0.1) is 5.56 Å². The Morgan fingerprint density at radius 1 is 1.11 bits per heavy atom. The molecule has 0 saturated carbocycles. The molecule has 0 atom stereocenters. The van der Waals surface area contributed by atoms with Crippen LogP contribution in [0.3, 0.4) is 0 Å². The van der Waals surface area contributed by atoms with Gasteiger partial charge in [0.15, 0.2) is 0 Å². The van der Waals surface area contributed by atoms with Crippen molar-refractivity contribution in [3.05, 3.63) is 76.9 Å². The lowest BCUT2D eigenvalue weighted by Gasteiger charge is -2.27. The molecular weight excluding hydrogens is 353 g/mol. The first kappa shape index (κ1) is 19.2. The molecule has 0 spiro atoms. The molecular formula is C21H21F3N2O. The van der Waals surface area contributed by atoms with Crippen LogP contribution in [0.4, 0.5) is 13.2 Å². The van der Waals surface area contributed by atoms with Crippen LogP contribution in [0.5, 0.6) is 0 Å². The zero-order valence-electron chi connectivity index (χ0n) is 15.0. The molecule has 0 aliphatic carbocycles. The monoisotopic (exact) mass is 374 g/mol. The highest BCUT2D eigenvalue weighted by Gasteiger charge is 2.34. The fourth-order valence-corrected chi connectivity index (χ4v) is 3.27. The van der Waals surface area contributed by atoms with Gasteiger partial charge in [-0.25, -0.2) is 0 Å². The average Bonchev–Trinajstić information content (AvgIpc) is 2.68. The van der Waals surface area contributed by atoms with Crippen molar-refractivity contribution >= 4 is 11.5 Å². The molecule has 1 aliphatic rings. The summed E-state index contributed by atoms with van der Waals surface area (Å²) in [5.41, 5.74) is 2.12. The number of benzene rings is 2. The smallest absolute Gasteiger partial charge is 0.355 e. The second-order valence-corrected chi connectivity index (χ2v) is 6.53. The summed E-state index contributed by atoms with van der Waals surface area (Å²) < 4.78 is 39.6. The molecule has 0 bridgehead atoms. The van der Waals surface area contributed by atoms with E-state index in [9.17, 15) is 18.0 Å². The molecule has 0 fully saturated rings. The van der Waals surface area contributed by atoms with Crippen LogP contribution in [-0.2, 0) is 12.7 Å². The van der Waals surface area contributed by atoms with E-state index in [0.717, 1.165) is 17.2 Å². The number of halogens is 3. The number of hydrogen-bond acceptors (Lipinski definition) is 2. The molecule has 1 heterocycles. The summed E-state index contributed by atoms with van der Waals surface area (Å²) in [6, 6.07) is 13.1. The maximum Gasteiger partial charge on any atom is 0.416 e. The minimum Gasteiger partial charge on any atom is -0.355 e. The summed E-state index contributed by atoms with van der Waals surface area (Å²) in [6.45, 7) is 1.98. The van der Waals surface area contributed by atoms with Crippen molar-refractivity contribution < 1.29 is 18.0 Å². The van der Waals surface area contributed by atoms with Gasteiger partial charge in [0, 0.05) is 32.2 Å². The molecule has 3 rings (SSSR count). The highest BCUT2D eigenvalue weighted by atomic mass is 19.4. The van der Waals surface area contributed by atoms with Crippen LogP contribution in [-0.4, -0.2) is 30.9 Å². The topological polar surface area (TPSA) is 32.3 Å². The summed E-state index contributed by atoms with van der Waals surface area (Å²) in [5.74, 6) is -0.129. The highest BCUT2D eigenvalue weighted by Crippen LogP contribution is 2.36. The zero-order valence-corrected chi connectivity index (χ0v) is 15.0. The van der Waals surface area contributed by atoms with E-state index >= 15 is 0 Å². The second kappa shape index (κ2) is 7.96. The van der Waals surface area contributed by atoms with Crippen LogP contribution in [0, 0.1) is 0 Å². The first-order valence-electron chi connectivity index (χ1n) is 8.77. The third kappa shape index (κ3) is 4.57. The molecule has 3 nitrogen and oxygen atoms in total. The number of carbonyl (C=O) groups is 1. The first-order chi connectivity index (χ1) is 12.9. The Morgan fingerprint density at radius 3 is 2.41 bits per heavy atom. The Morgan fingerprint density at radius 2 is 1.81 bits per heavy atom. The van der Waals surface area contributed by atoms with Crippen molar-refractivity contribution in [3.63, 3.8) is 0 Å². The van der Waals surface area contributed by atoms with E-state index in [1.807, 2.05) is 18.2 Å². The summed E-state index contributed by atoms with van der Waals surface area (Å²) in [5, 5.41) is 2.58. The Labute approximate surface area is 156 Å². The third-order valence-electron chi connectivity index (χ3n) is 4.72. The van der Waals surface area contributed by atoms with Crippen molar-refractivity contribution in [2.45, 2.75) is 19.1 Å². The summed E-state index contributed by atoms with van der Waals surface area (Å²) in [7, 11) is 1.59. The number of nitrogens with one attached hydrogen (secondary N) is 1. The van der Waals surface area contributed by atoms with Crippen LogP contribution in [0.25, 0.3) is 5.57 Å². The molecule has 0 radical (unpaired) electrons. The van der Waals surface area contributed by atoms with E-state index in [4.69, 9.17) is 0 Å². The van der Waals surface area contributed by atoms with E-state index in [0.29, 0.717) is 31.6 Å². The molecule has 1 amide bonds. The molecule has 2 aromatic rings. The molecule has 6 heteroatoms. The minimum absolute atomic E-state index is 0.129. The van der Waals surface area contributed by atoms with E-state index in [1.165, 1.54) is 6.07 Å². The van der Waals surface area contributed by atoms with Gasteiger partial charge in [-0.1, -0.05) is 36.4 Å². The molecule has 0 saturated heterocycles. The van der Waals surface area contributed by atoms with Crippen LogP contribution in [0.2, 0.25) is 0 Å². The Balaban J connectivity index is 1.68. The van der Waals surface area contributed by atoms with Gasteiger partial charge in [-0.2, -0.15) is 13.2 Å². The van der Waals surface area contributed by atoms with Crippen molar-refractivity contribution in [1.29, 1.82) is 0 Å². The van der Waals surface area contributed by atoms with Crippen LogP contribution in [0.1, 0.15) is 33.5 Å². The Bertz CT molecular complexity index is 841. The number of nitrogens with zero attached hydrogens (tertiary/aromatic N) is 1. The van der Waals surface area contributed by atoms with Gasteiger partial charge >= 0.3 is 6.18 Å². The molecule has 0 unspecified atom stereocenters. The molecule has 27 heavy (non-hydrogen) atoms. The van der Waals surface area contributed by atoms with Crippen molar-refractivity contribution in [2.24, 2.45) is 0 Å². The largest absolute Gasteiger partial charge is 0.416 e. The lowest BCUT2D eigenvalue weighted by atomic mass is 9.94. The SMILES string of the molecule is CNC(=O)c1ccc(CN2CC=C(c3ccccc3C(F)(F)F)CC2)cc1. The van der Waals surface area contributed by atoms with Gasteiger partial charge < -0.3 is 5.32 Å². The molecule has 1 aliphatic heterocycles. The zero-order chi connectivity index (χ0) is 19.4. The average molecular weight is 374 g/mol. The predicted octanol–water partition coefficient (Wildman–Crippen LogP) is 4.35. The lowest BCUT2D eigenvalue weighted by Crippen LogP contribution is -2.28. The van der Waals surface area contributed by atoms with Crippen LogP contribution < -0.4 is 5.32 Å². The molecule has 142 valence electrons. The standard InChI is InChI=1S/C21H21F3N2O/c1-25-20(27)17-8-6-15(7-9-17)14-26-12-10-16(11-13-26)18-4-2-3-5-19(18)21(22,23)24/h2-10H,11-14H2,1H3,(H,25,27).